The minimum absolute atomic E-state index is 0.147. The van der Waals surface area contributed by atoms with Crippen molar-refractivity contribution >= 4 is 5.97 Å². The lowest BCUT2D eigenvalue weighted by Crippen LogP contribution is -2.48. The van der Waals surface area contributed by atoms with Gasteiger partial charge in [-0.3, -0.25) is 4.79 Å². The largest absolute Gasteiger partial charge is 0.481 e. The van der Waals surface area contributed by atoms with Crippen LogP contribution in [0.15, 0.2) is 24.3 Å². The number of rotatable bonds is 4. The molecule has 3 heteroatoms. The van der Waals surface area contributed by atoms with Crippen LogP contribution in [0.1, 0.15) is 37.3 Å². The van der Waals surface area contributed by atoms with Gasteiger partial charge in [0.15, 0.2) is 0 Å². The molecule has 1 fully saturated rings. The molecule has 92 valence electrons. The van der Waals surface area contributed by atoms with Gasteiger partial charge in [0, 0.05) is 0 Å². The Hall–Kier alpha value is -1.35. The fraction of sp³-hybridized carbons (Fsp3) is 0.500. The lowest BCUT2D eigenvalue weighted by atomic mass is 9.75. The van der Waals surface area contributed by atoms with Crippen molar-refractivity contribution in [2.45, 2.75) is 31.6 Å². The molecule has 1 N–H and O–H groups in total. The van der Waals surface area contributed by atoms with E-state index < -0.39 is 5.97 Å². The van der Waals surface area contributed by atoms with Crippen LogP contribution in [0.25, 0.3) is 0 Å². The summed E-state index contributed by atoms with van der Waals surface area (Å²) in [5.41, 5.74) is 2.05. The highest BCUT2D eigenvalue weighted by molar-refractivity contribution is 5.69. The maximum Gasteiger partial charge on any atom is 0.304 e. The first kappa shape index (κ1) is 12.1. The van der Waals surface area contributed by atoms with Gasteiger partial charge in [0.05, 0.1) is 25.0 Å². The van der Waals surface area contributed by atoms with Crippen molar-refractivity contribution in [3.63, 3.8) is 0 Å². The van der Waals surface area contributed by atoms with Crippen molar-refractivity contribution in [1.82, 2.24) is 0 Å². The second kappa shape index (κ2) is 4.49. The van der Waals surface area contributed by atoms with Gasteiger partial charge < -0.3 is 9.84 Å². The van der Waals surface area contributed by atoms with Crippen LogP contribution < -0.4 is 0 Å². The molecular weight excluding hydrogens is 216 g/mol. The SMILES string of the molecule is CC(C)c1ccc(C2(CC(=O)O)COC2)cc1. The van der Waals surface area contributed by atoms with Crippen molar-refractivity contribution in [1.29, 1.82) is 0 Å². The summed E-state index contributed by atoms with van der Waals surface area (Å²) in [5.74, 6) is -0.265. The number of benzene rings is 1. The van der Waals surface area contributed by atoms with Crippen molar-refractivity contribution in [3.8, 4) is 0 Å². The number of carboxylic acid groups (broad SMARTS) is 1. The van der Waals surface area contributed by atoms with Gasteiger partial charge in [-0.15, -0.1) is 0 Å². The van der Waals surface area contributed by atoms with E-state index in [0.29, 0.717) is 19.1 Å². The monoisotopic (exact) mass is 234 g/mol. The molecule has 3 nitrogen and oxygen atoms in total. The van der Waals surface area contributed by atoms with Gasteiger partial charge in [-0.1, -0.05) is 38.1 Å². The minimum Gasteiger partial charge on any atom is -0.481 e. The molecule has 0 radical (unpaired) electrons. The van der Waals surface area contributed by atoms with E-state index in [2.05, 4.69) is 26.0 Å². The third-order valence-electron chi connectivity index (χ3n) is 3.44. The van der Waals surface area contributed by atoms with Crippen LogP contribution in [0.2, 0.25) is 0 Å². The van der Waals surface area contributed by atoms with E-state index in [4.69, 9.17) is 9.84 Å². The Bertz CT molecular complexity index is 402. The minimum atomic E-state index is -0.763. The summed E-state index contributed by atoms with van der Waals surface area (Å²) in [6.45, 7) is 5.32. The number of aliphatic carboxylic acids is 1. The molecule has 2 rings (SSSR count). The molecular formula is C14H18O3. The van der Waals surface area contributed by atoms with E-state index >= 15 is 0 Å². The Morgan fingerprint density at radius 2 is 1.94 bits per heavy atom. The van der Waals surface area contributed by atoms with E-state index in [0.717, 1.165) is 5.56 Å². The third kappa shape index (κ3) is 2.34. The third-order valence-corrected chi connectivity index (χ3v) is 3.44. The molecule has 0 aromatic heterocycles. The summed E-state index contributed by atoms with van der Waals surface area (Å²) in [6.07, 6.45) is 0.147. The molecule has 0 unspecified atom stereocenters. The lowest BCUT2D eigenvalue weighted by molar-refractivity contribution is -0.145. The van der Waals surface area contributed by atoms with Gasteiger partial charge in [0.2, 0.25) is 0 Å². The quantitative estimate of drug-likeness (QED) is 0.870. The average molecular weight is 234 g/mol. The molecule has 0 amide bonds. The summed E-state index contributed by atoms with van der Waals surface area (Å²) in [7, 11) is 0. The highest BCUT2D eigenvalue weighted by atomic mass is 16.5. The van der Waals surface area contributed by atoms with Crippen molar-refractivity contribution < 1.29 is 14.6 Å². The predicted molar refractivity (Wildman–Crippen MR) is 65.3 cm³/mol. The van der Waals surface area contributed by atoms with Gasteiger partial charge in [0.1, 0.15) is 0 Å². The molecule has 17 heavy (non-hydrogen) atoms. The molecule has 0 aliphatic carbocycles. The number of carbonyl (C=O) groups is 1. The molecule has 1 aromatic rings. The Morgan fingerprint density at radius 1 is 1.35 bits per heavy atom. The van der Waals surface area contributed by atoms with Crippen LogP contribution >= 0.6 is 0 Å². The molecule has 1 saturated heterocycles. The van der Waals surface area contributed by atoms with Crippen LogP contribution in [0.3, 0.4) is 0 Å². The van der Waals surface area contributed by atoms with Gasteiger partial charge in [-0.05, 0) is 17.0 Å². The molecule has 0 atom stereocenters. The standard InChI is InChI=1S/C14H18O3/c1-10(2)11-3-5-12(6-4-11)14(7-13(15)16)8-17-9-14/h3-6,10H,7-9H2,1-2H3,(H,15,16). The van der Waals surface area contributed by atoms with Crippen LogP contribution in [0, 0.1) is 0 Å². The molecule has 0 spiro atoms. The smallest absolute Gasteiger partial charge is 0.304 e. The zero-order chi connectivity index (χ0) is 12.5. The first-order chi connectivity index (χ1) is 8.03. The van der Waals surface area contributed by atoms with E-state index in [-0.39, 0.29) is 11.8 Å². The second-order valence-corrected chi connectivity index (χ2v) is 5.12. The first-order valence-corrected chi connectivity index (χ1v) is 5.93. The highest BCUT2D eigenvalue weighted by Gasteiger charge is 2.42. The molecule has 1 aliphatic rings. The van der Waals surface area contributed by atoms with E-state index in [9.17, 15) is 4.79 Å². The fourth-order valence-electron chi connectivity index (χ4n) is 2.23. The van der Waals surface area contributed by atoms with Crippen molar-refractivity contribution in [2.75, 3.05) is 13.2 Å². The normalized spacial score (nSPS) is 17.8. The zero-order valence-corrected chi connectivity index (χ0v) is 10.3. The van der Waals surface area contributed by atoms with Crippen LogP contribution in [0.4, 0.5) is 0 Å². The van der Waals surface area contributed by atoms with Gasteiger partial charge in [0.25, 0.3) is 0 Å². The maximum absolute atomic E-state index is 10.9. The summed E-state index contributed by atoms with van der Waals surface area (Å²) in [6, 6.07) is 8.26. The van der Waals surface area contributed by atoms with Crippen LogP contribution in [-0.2, 0) is 14.9 Å². The topological polar surface area (TPSA) is 46.5 Å². The van der Waals surface area contributed by atoms with E-state index in [1.54, 1.807) is 0 Å². The van der Waals surface area contributed by atoms with E-state index in [1.165, 1.54) is 5.56 Å². The van der Waals surface area contributed by atoms with Crippen LogP contribution in [-0.4, -0.2) is 24.3 Å². The number of ether oxygens (including phenoxy) is 1. The summed E-state index contributed by atoms with van der Waals surface area (Å²) >= 11 is 0. The molecule has 1 aliphatic heterocycles. The Labute approximate surface area is 101 Å². The summed E-state index contributed by atoms with van der Waals surface area (Å²) in [4.78, 5) is 10.9. The molecule has 0 saturated carbocycles. The van der Waals surface area contributed by atoms with Crippen LogP contribution in [0.5, 0.6) is 0 Å². The van der Waals surface area contributed by atoms with Gasteiger partial charge >= 0.3 is 5.97 Å². The van der Waals surface area contributed by atoms with E-state index in [1.807, 2.05) is 12.1 Å². The second-order valence-electron chi connectivity index (χ2n) is 5.12. The average Bonchev–Trinajstić information content (AvgIpc) is 2.23. The Balaban J connectivity index is 2.23. The predicted octanol–water partition coefficient (Wildman–Crippen LogP) is 2.55. The molecule has 1 aromatic carbocycles. The number of hydrogen-bond donors (Lipinski definition) is 1. The molecule has 1 heterocycles. The Kier molecular flexibility index (Phi) is 3.20. The van der Waals surface area contributed by atoms with Crippen molar-refractivity contribution in [2.24, 2.45) is 0 Å². The Morgan fingerprint density at radius 3 is 2.29 bits per heavy atom. The van der Waals surface area contributed by atoms with Crippen molar-refractivity contribution in [3.05, 3.63) is 35.4 Å². The highest BCUT2D eigenvalue weighted by Crippen LogP contribution is 2.36. The van der Waals surface area contributed by atoms with Gasteiger partial charge in [-0.25, -0.2) is 0 Å². The van der Waals surface area contributed by atoms with Gasteiger partial charge in [-0.2, -0.15) is 0 Å². The zero-order valence-electron chi connectivity index (χ0n) is 10.3. The number of carboxylic acids is 1. The number of hydrogen-bond acceptors (Lipinski definition) is 2. The maximum atomic E-state index is 10.9. The summed E-state index contributed by atoms with van der Waals surface area (Å²) < 4.78 is 5.21. The summed E-state index contributed by atoms with van der Waals surface area (Å²) in [5, 5.41) is 8.96. The fourth-order valence-corrected chi connectivity index (χ4v) is 2.23. The lowest BCUT2D eigenvalue weighted by Gasteiger charge is -2.41. The molecule has 0 bridgehead atoms. The first-order valence-electron chi connectivity index (χ1n) is 5.93.